The molecule has 1 aliphatic rings. The molecule has 1 aromatic carbocycles. The minimum absolute atomic E-state index is 0.131. The molecule has 3 heterocycles. The average Bonchev–Trinajstić information content (AvgIpc) is 3.15. The summed E-state index contributed by atoms with van der Waals surface area (Å²) in [6, 6.07) is 10.5. The molecule has 0 amide bonds. The highest BCUT2D eigenvalue weighted by molar-refractivity contribution is 5.43. The van der Waals surface area contributed by atoms with E-state index in [2.05, 4.69) is 63.2 Å². The molecule has 1 fully saturated rings. The van der Waals surface area contributed by atoms with Gasteiger partial charge in [-0.05, 0) is 25.3 Å². The second kappa shape index (κ2) is 6.86. The van der Waals surface area contributed by atoms with Gasteiger partial charge in [0.25, 0.3) is 0 Å². The molecule has 134 valence electrons. The lowest BCUT2D eigenvalue weighted by molar-refractivity contribution is 0.268. The first-order valence-electron chi connectivity index (χ1n) is 9.07. The van der Waals surface area contributed by atoms with E-state index in [0.717, 1.165) is 43.5 Å². The van der Waals surface area contributed by atoms with Gasteiger partial charge in [-0.1, -0.05) is 37.3 Å². The summed E-state index contributed by atoms with van der Waals surface area (Å²) in [5, 5.41) is 8.74. The molecule has 6 nitrogen and oxygen atoms in total. The number of hydrogen-bond donors (Lipinski definition) is 0. The Morgan fingerprint density at radius 2 is 1.96 bits per heavy atom. The van der Waals surface area contributed by atoms with E-state index >= 15 is 0 Å². The van der Waals surface area contributed by atoms with Crippen molar-refractivity contribution in [3.05, 3.63) is 66.3 Å². The van der Waals surface area contributed by atoms with Crippen LogP contribution in [0.5, 0.6) is 0 Å². The normalized spacial score (nSPS) is 16.9. The van der Waals surface area contributed by atoms with Crippen LogP contribution in [0.4, 0.5) is 5.82 Å². The second-order valence-electron chi connectivity index (χ2n) is 7.22. The van der Waals surface area contributed by atoms with Crippen LogP contribution in [-0.2, 0) is 11.8 Å². The summed E-state index contributed by atoms with van der Waals surface area (Å²) in [7, 11) is 0. The van der Waals surface area contributed by atoms with Gasteiger partial charge in [0.05, 0.1) is 11.6 Å². The van der Waals surface area contributed by atoms with Crippen molar-refractivity contribution in [2.24, 2.45) is 0 Å². The van der Waals surface area contributed by atoms with Gasteiger partial charge < -0.3 is 9.32 Å². The quantitative estimate of drug-likeness (QED) is 0.680. The Balaban J connectivity index is 1.46. The fourth-order valence-electron chi connectivity index (χ4n) is 3.50. The predicted octanol–water partition coefficient (Wildman–Crippen LogP) is 3.37. The van der Waals surface area contributed by atoms with E-state index in [-0.39, 0.29) is 11.3 Å². The number of benzene rings is 1. The Morgan fingerprint density at radius 1 is 1.15 bits per heavy atom. The first-order valence-corrected chi connectivity index (χ1v) is 9.07. The van der Waals surface area contributed by atoms with Gasteiger partial charge >= 0.3 is 0 Å². The van der Waals surface area contributed by atoms with Crippen molar-refractivity contribution in [3.8, 4) is 0 Å². The summed E-state index contributed by atoms with van der Waals surface area (Å²) < 4.78 is 6.12. The number of nitrogens with zero attached hydrogens (tertiary/aromatic N) is 5. The molecule has 26 heavy (non-hydrogen) atoms. The van der Waals surface area contributed by atoms with E-state index in [9.17, 15) is 0 Å². The molecule has 0 spiro atoms. The minimum atomic E-state index is -0.131. The van der Waals surface area contributed by atoms with Crippen LogP contribution in [0.1, 0.15) is 43.5 Å². The largest absolute Gasteiger partial charge is 0.424 e. The molecule has 3 aromatic rings. The van der Waals surface area contributed by atoms with Gasteiger partial charge in [-0.2, -0.15) is 0 Å². The Hall–Kier alpha value is -2.76. The summed E-state index contributed by atoms with van der Waals surface area (Å²) >= 11 is 0. The number of hydrogen-bond acceptors (Lipinski definition) is 6. The zero-order chi connectivity index (χ0) is 18.0. The van der Waals surface area contributed by atoms with Crippen LogP contribution in [0.25, 0.3) is 0 Å². The van der Waals surface area contributed by atoms with E-state index in [1.807, 2.05) is 6.07 Å². The summed E-state index contributed by atoms with van der Waals surface area (Å²) in [6.07, 6.45) is 7.07. The van der Waals surface area contributed by atoms with Crippen LogP contribution in [0.3, 0.4) is 0 Å². The Labute approximate surface area is 153 Å². The third-order valence-electron chi connectivity index (χ3n) is 5.08. The van der Waals surface area contributed by atoms with Crippen LogP contribution in [0, 0.1) is 0 Å². The van der Waals surface area contributed by atoms with E-state index in [1.165, 1.54) is 5.56 Å². The monoisotopic (exact) mass is 349 g/mol. The molecule has 4 rings (SSSR count). The highest BCUT2D eigenvalue weighted by atomic mass is 16.4. The maximum Gasteiger partial charge on any atom is 0.225 e. The standard InChI is InChI=1S/C20H23N5O/c1-3-16(11-15-7-5-4-6-8-15)18-23-24-19(26-18)20(2)13-25(14-20)17-12-21-9-10-22-17/h4-10,12,16H,3,11,13-14H2,1-2H3. The van der Waals surface area contributed by atoms with Crippen LogP contribution in [0.2, 0.25) is 0 Å². The van der Waals surface area contributed by atoms with Gasteiger partial charge in [-0.25, -0.2) is 4.98 Å². The molecule has 0 saturated carbocycles. The SMILES string of the molecule is CCC(Cc1ccccc1)c1nnc(C2(C)CN(c3cnccn3)C2)o1. The number of rotatable bonds is 6. The molecular weight excluding hydrogens is 326 g/mol. The lowest BCUT2D eigenvalue weighted by Crippen LogP contribution is -2.58. The molecule has 0 N–H and O–H groups in total. The molecule has 1 saturated heterocycles. The van der Waals surface area contributed by atoms with Gasteiger partial charge in [0, 0.05) is 31.4 Å². The average molecular weight is 349 g/mol. The van der Waals surface area contributed by atoms with E-state index in [4.69, 9.17) is 4.42 Å². The summed E-state index contributed by atoms with van der Waals surface area (Å²) in [6.45, 7) is 5.94. The van der Waals surface area contributed by atoms with Crippen molar-refractivity contribution in [2.45, 2.75) is 38.0 Å². The molecule has 2 aromatic heterocycles. The van der Waals surface area contributed by atoms with Crippen LogP contribution in [0.15, 0.2) is 53.3 Å². The third-order valence-corrected chi connectivity index (χ3v) is 5.08. The van der Waals surface area contributed by atoms with Crippen molar-refractivity contribution < 1.29 is 4.42 Å². The first kappa shape index (κ1) is 16.7. The molecule has 1 unspecified atom stereocenters. The molecule has 1 atom stereocenters. The van der Waals surface area contributed by atoms with E-state index in [1.54, 1.807) is 18.6 Å². The van der Waals surface area contributed by atoms with Gasteiger partial charge in [-0.3, -0.25) is 4.98 Å². The lowest BCUT2D eigenvalue weighted by atomic mass is 9.82. The highest BCUT2D eigenvalue weighted by Crippen LogP contribution is 2.36. The maximum absolute atomic E-state index is 6.12. The smallest absolute Gasteiger partial charge is 0.225 e. The van der Waals surface area contributed by atoms with Gasteiger partial charge in [0.2, 0.25) is 11.8 Å². The van der Waals surface area contributed by atoms with Crippen molar-refractivity contribution in [1.29, 1.82) is 0 Å². The van der Waals surface area contributed by atoms with Crippen molar-refractivity contribution in [2.75, 3.05) is 18.0 Å². The molecule has 0 radical (unpaired) electrons. The fourth-order valence-corrected chi connectivity index (χ4v) is 3.50. The first-order chi connectivity index (χ1) is 12.7. The van der Waals surface area contributed by atoms with Gasteiger partial charge in [0.1, 0.15) is 5.82 Å². The van der Waals surface area contributed by atoms with Crippen molar-refractivity contribution in [1.82, 2.24) is 20.2 Å². The Kier molecular flexibility index (Phi) is 4.41. The Morgan fingerprint density at radius 3 is 2.65 bits per heavy atom. The van der Waals surface area contributed by atoms with E-state index in [0.29, 0.717) is 0 Å². The molecule has 1 aliphatic heterocycles. The fraction of sp³-hybridized carbons (Fsp3) is 0.400. The Bertz CT molecular complexity index is 843. The molecule has 0 bridgehead atoms. The van der Waals surface area contributed by atoms with Crippen LogP contribution < -0.4 is 4.90 Å². The highest BCUT2D eigenvalue weighted by Gasteiger charge is 2.45. The number of aromatic nitrogens is 4. The maximum atomic E-state index is 6.12. The van der Waals surface area contributed by atoms with Crippen molar-refractivity contribution >= 4 is 5.82 Å². The molecular formula is C20H23N5O. The third kappa shape index (κ3) is 3.19. The second-order valence-corrected chi connectivity index (χ2v) is 7.22. The zero-order valence-electron chi connectivity index (χ0n) is 15.2. The van der Waals surface area contributed by atoms with Crippen LogP contribution in [-0.4, -0.2) is 33.3 Å². The summed E-state index contributed by atoms with van der Waals surface area (Å²) in [4.78, 5) is 10.7. The minimum Gasteiger partial charge on any atom is -0.424 e. The summed E-state index contributed by atoms with van der Waals surface area (Å²) in [5.74, 6) is 2.60. The van der Waals surface area contributed by atoms with Crippen molar-refractivity contribution in [3.63, 3.8) is 0 Å². The lowest BCUT2D eigenvalue weighted by Gasteiger charge is -2.46. The van der Waals surface area contributed by atoms with E-state index < -0.39 is 0 Å². The summed E-state index contributed by atoms with van der Waals surface area (Å²) in [5.41, 5.74) is 1.16. The molecule has 6 heteroatoms. The molecule has 0 aliphatic carbocycles. The van der Waals surface area contributed by atoms with Gasteiger partial charge in [-0.15, -0.1) is 10.2 Å². The number of anilines is 1. The van der Waals surface area contributed by atoms with Crippen LogP contribution >= 0.6 is 0 Å². The predicted molar refractivity (Wildman–Crippen MR) is 99.1 cm³/mol. The topological polar surface area (TPSA) is 67.9 Å². The zero-order valence-corrected chi connectivity index (χ0v) is 15.2. The van der Waals surface area contributed by atoms with Gasteiger partial charge in [0.15, 0.2) is 0 Å².